The van der Waals surface area contributed by atoms with Gasteiger partial charge in [-0.2, -0.15) is 11.3 Å². The first-order chi connectivity index (χ1) is 12.1. The lowest BCUT2D eigenvalue weighted by Crippen LogP contribution is -2.54. The number of thiophene rings is 1. The molecule has 134 valence electrons. The van der Waals surface area contributed by atoms with Crippen LogP contribution in [0.15, 0.2) is 41.1 Å². The molecule has 6 heteroatoms. The Morgan fingerprint density at radius 1 is 1.36 bits per heavy atom. The fraction of sp³-hybridized carbons (Fsp3) is 0.421. The van der Waals surface area contributed by atoms with Crippen molar-refractivity contribution in [2.45, 2.75) is 44.6 Å². The van der Waals surface area contributed by atoms with Crippen molar-refractivity contribution in [3.8, 4) is 0 Å². The van der Waals surface area contributed by atoms with E-state index in [-0.39, 0.29) is 11.9 Å². The Morgan fingerprint density at radius 3 is 2.88 bits per heavy atom. The van der Waals surface area contributed by atoms with Crippen LogP contribution in [0.5, 0.6) is 0 Å². The molecule has 2 heterocycles. The molecule has 1 amide bonds. The summed E-state index contributed by atoms with van der Waals surface area (Å²) in [5.74, 6) is 0.0125. The smallest absolute Gasteiger partial charge is 0.244 e. The molecule has 0 radical (unpaired) electrons. The zero-order chi connectivity index (χ0) is 17.8. The Kier molecular flexibility index (Phi) is 5.86. The van der Waals surface area contributed by atoms with Crippen LogP contribution in [-0.4, -0.2) is 36.4 Å². The number of aliphatic hydroxyl groups excluding tert-OH is 1. The van der Waals surface area contributed by atoms with Gasteiger partial charge in [0.2, 0.25) is 5.91 Å². The van der Waals surface area contributed by atoms with Crippen LogP contribution in [0.1, 0.15) is 24.5 Å². The van der Waals surface area contributed by atoms with E-state index < -0.39 is 12.3 Å². The maximum atomic E-state index is 13.2. The first-order valence-corrected chi connectivity index (χ1v) is 9.56. The molecule has 0 saturated carbocycles. The summed E-state index contributed by atoms with van der Waals surface area (Å²) in [4.78, 5) is 15.1. The number of nitrogens with one attached hydrogen (secondary N) is 2. The van der Waals surface area contributed by atoms with Gasteiger partial charge in [0.05, 0.1) is 12.6 Å². The van der Waals surface area contributed by atoms with E-state index in [1.807, 2.05) is 41.5 Å². The van der Waals surface area contributed by atoms with Crippen molar-refractivity contribution < 1.29 is 9.90 Å². The lowest BCUT2D eigenvalue weighted by Gasteiger charge is -2.29. The van der Waals surface area contributed by atoms with Crippen molar-refractivity contribution in [1.29, 1.82) is 0 Å². The maximum absolute atomic E-state index is 13.2. The van der Waals surface area contributed by atoms with Gasteiger partial charge in [-0.05, 0) is 60.8 Å². The molecule has 0 saturated heterocycles. The molecule has 3 atom stereocenters. The average Bonchev–Trinajstić information content (AvgIpc) is 3.11. The number of para-hydroxylation sites is 1. The van der Waals surface area contributed by atoms with E-state index in [1.54, 1.807) is 18.4 Å². The SMILES string of the molecule is CN[C@@H](C)C(O)N[C@H]1CCc2ccccc2N(Cc2ccsc2)C1=O. The molecule has 3 rings (SSSR count). The molecule has 0 bridgehead atoms. The highest BCUT2D eigenvalue weighted by molar-refractivity contribution is 7.07. The molecule has 0 fully saturated rings. The topological polar surface area (TPSA) is 64.6 Å². The van der Waals surface area contributed by atoms with Gasteiger partial charge in [-0.15, -0.1) is 0 Å². The normalized spacial score (nSPS) is 20.0. The van der Waals surface area contributed by atoms with E-state index in [2.05, 4.69) is 22.1 Å². The Hall–Kier alpha value is -1.73. The molecular formula is C19H25N3O2S. The Labute approximate surface area is 152 Å². The van der Waals surface area contributed by atoms with Crippen molar-refractivity contribution in [1.82, 2.24) is 10.6 Å². The minimum Gasteiger partial charge on any atom is -0.377 e. The second-order valence-corrected chi connectivity index (χ2v) is 7.24. The molecule has 1 aromatic heterocycles. The summed E-state index contributed by atoms with van der Waals surface area (Å²) in [6.45, 7) is 2.44. The summed E-state index contributed by atoms with van der Waals surface area (Å²) < 4.78 is 0. The molecule has 25 heavy (non-hydrogen) atoms. The van der Waals surface area contributed by atoms with Gasteiger partial charge in [0.25, 0.3) is 0 Å². The van der Waals surface area contributed by atoms with Crippen LogP contribution in [0.4, 0.5) is 5.69 Å². The van der Waals surface area contributed by atoms with Crippen molar-refractivity contribution in [3.63, 3.8) is 0 Å². The molecule has 3 N–H and O–H groups in total. The number of carbonyl (C=O) groups excluding carboxylic acids is 1. The molecule has 1 aromatic carbocycles. The third kappa shape index (κ3) is 4.10. The van der Waals surface area contributed by atoms with Crippen LogP contribution in [0.25, 0.3) is 0 Å². The van der Waals surface area contributed by atoms with Gasteiger partial charge in [-0.3, -0.25) is 10.1 Å². The summed E-state index contributed by atoms with van der Waals surface area (Å²) in [5, 5.41) is 20.5. The summed E-state index contributed by atoms with van der Waals surface area (Å²) in [6, 6.07) is 9.58. The largest absolute Gasteiger partial charge is 0.377 e. The number of aliphatic hydroxyl groups is 1. The number of nitrogens with zero attached hydrogens (tertiary/aromatic N) is 1. The predicted octanol–water partition coefficient (Wildman–Crippen LogP) is 2.11. The third-order valence-corrected chi connectivity index (χ3v) is 5.50. The van der Waals surface area contributed by atoms with E-state index in [4.69, 9.17) is 0 Å². The average molecular weight is 359 g/mol. The van der Waals surface area contributed by atoms with Crippen LogP contribution >= 0.6 is 11.3 Å². The molecule has 1 unspecified atom stereocenters. The van der Waals surface area contributed by atoms with Crippen LogP contribution in [0, 0.1) is 0 Å². The van der Waals surface area contributed by atoms with E-state index in [0.717, 1.165) is 17.7 Å². The van der Waals surface area contributed by atoms with Crippen LogP contribution in [0.2, 0.25) is 0 Å². The maximum Gasteiger partial charge on any atom is 0.244 e. The molecule has 2 aromatic rings. The Morgan fingerprint density at radius 2 is 2.16 bits per heavy atom. The van der Waals surface area contributed by atoms with Crippen molar-refractivity contribution in [2.24, 2.45) is 0 Å². The number of likely N-dealkylation sites (N-methyl/N-ethyl adjacent to an activating group) is 1. The number of benzene rings is 1. The van der Waals surface area contributed by atoms with Gasteiger partial charge < -0.3 is 15.3 Å². The van der Waals surface area contributed by atoms with Gasteiger partial charge in [-0.25, -0.2) is 0 Å². The van der Waals surface area contributed by atoms with Crippen LogP contribution in [0.3, 0.4) is 0 Å². The van der Waals surface area contributed by atoms with Crippen molar-refractivity contribution in [3.05, 3.63) is 52.2 Å². The summed E-state index contributed by atoms with van der Waals surface area (Å²) in [5.41, 5.74) is 3.27. The lowest BCUT2D eigenvalue weighted by atomic mass is 10.1. The van der Waals surface area contributed by atoms with E-state index in [1.165, 1.54) is 5.56 Å². The molecular weight excluding hydrogens is 334 g/mol. The fourth-order valence-corrected chi connectivity index (χ4v) is 3.77. The van der Waals surface area contributed by atoms with Gasteiger partial charge >= 0.3 is 0 Å². The van der Waals surface area contributed by atoms with Crippen molar-refractivity contribution >= 4 is 22.9 Å². The van der Waals surface area contributed by atoms with Crippen LogP contribution < -0.4 is 15.5 Å². The Balaban J connectivity index is 1.86. The van der Waals surface area contributed by atoms with Crippen molar-refractivity contribution in [2.75, 3.05) is 11.9 Å². The number of hydrogen-bond acceptors (Lipinski definition) is 5. The first-order valence-electron chi connectivity index (χ1n) is 8.62. The van der Waals surface area contributed by atoms with Gasteiger partial charge in [0.15, 0.2) is 0 Å². The molecule has 0 aliphatic carbocycles. The molecule has 5 nitrogen and oxygen atoms in total. The second-order valence-electron chi connectivity index (χ2n) is 6.46. The summed E-state index contributed by atoms with van der Waals surface area (Å²) >= 11 is 1.63. The summed E-state index contributed by atoms with van der Waals surface area (Å²) in [7, 11) is 1.79. The van der Waals surface area contributed by atoms with E-state index in [0.29, 0.717) is 13.0 Å². The minimum atomic E-state index is -0.775. The standard InChI is InChI=1S/C19H25N3O2S/c1-13(20-2)18(23)21-16-8-7-15-5-3-4-6-17(15)22(19(16)24)11-14-9-10-25-12-14/h3-6,9-10,12-13,16,18,20-21,23H,7-8,11H2,1-2H3/t13-,16-,18?/m0/s1. The number of anilines is 1. The zero-order valence-electron chi connectivity index (χ0n) is 14.6. The number of fused-ring (bicyclic) bond motifs is 1. The van der Waals surface area contributed by atoms with E-state index in [9.17, 15) is 9.90 Å². The fourth-order valence-electron chi connectivity index (χ4n) is 3.11. The highest BCUT2D eigenvalue weighted by Gasteiger charge is 2.32. The van der Waals surface area contributed by atoms with Gasteiger partial charge in [-0.1, -0.05) is 18.2 Å². The lowest BCUT2D eigenvalue weighted by molar-refractivity contribution is -0.121. The summed E-state index contributed by atoms with van der Waals surface area (Å²) in [6.07, 6.45) is 0.701. The highest BCUT2D eigenvalue weighted by atomic mass is 32.1. The number of aryl methyl sites for hydroxylation is 1. The predicted molar refractivity (Wildman–Crippen MR) is 102 cm³/mol. The number of carbonyl (C=O) groups is 1. The number of amides is 1. The van der Waals surface area contributed by atoms with Gasteiger partial charge in [0, 0.05) is 11.7 Å². The number of hydrogen-bond donors (Lipinski definition) is 3. The molecule has 0 spiro atoms. The highest BCUT2D eigenvalue weighted by Crippen LogP contribution is 2.29. The molecule has 1 aliphatic heterocycles. The zero-order valence-corrected chi connectivity index (χ0v) is 15.4. The Bertz CT molecular complexity index is 704. The number of rotatable bonds is 6. The van der Waals surface area contributed by atoms with E-state index >= 15 is 0 Å². The quantitative estimate of drug-likeness (QED) is 0.691. The minimum absolute atomic E-state index is 0.0125. The monoisotopic (exact) mass is 359 g/mol. The third-order valence-electron chi connectivity index (χ3n) is 4.77. The molecule has 1 aliphatic rings. The van der Waals surface area contributed by atoms with Crippen LogP contribution in [-0.2, 0) is 17.8 Å². The second kappa shape index (κ2) is 8.10. The first kappa shape index (κ1) is 18.1. The van der Waals surface area contributed by atoms with Gasteiger partial charge in [0.1, 0.15) is 6.23 Å².